The molecule has 1 N–H and O–H groups in total. The van der Waals surface area contributed by atoms with Crippen molar-refractivity contribution in [3.63, 3.8) is 0 Å². The topological polar surface area (TPSA) is 97.0 Å². The molecule has 0 unspecified atom stereocenters. The van der Waals surface area contributed by atoms with Crippen molar-refractivity contribution in [3.8, 4) is 11.1 Å². The Morgan fingerprint density at radius 2 is 1.97 bits per heavy atom. The lowest BCUT2D eigenvalue weighted by Gasteiger charge is -2.32. The fourth-order valence-electron chi connectivity index (χ4n) is 3.76. The van der Waals surface area contributed by atoms with E-state index in [9.17, 15) is 4.79 Å². The van der Waals surface area contributed by atoms with Crippen LogP contribution in [0.5, 0.6) is 0 Å². The summed E-state index contributed by atoms with van der Waals surface area (Å²) in [5, 5.41) is 7.12. The third-order valence-electron chi connectivity index (χ3n) is 5.23. The minimum Gasteiger partial charge on any atom is -0.352 e. The summed E-state index contributed by atoms with van der Waals surface area (Å²) in [5.41, 5.74) is 3.79. The monoisotopic (exact) mass is 406 g/mol. The highest BCUT2D eigenvalue weighted by Crippen LogP contribution is 2.34. The number of nitrogens with one attached hydrogen (secondary N) is 1. The molecule has 0 spiro atoms. The van der Waals surface area contributed by atoms with Gasteiger partial charge in [-0.05, 0) is 51.3 Å². The van der Waals surface area contributed by atoms with Crippen LogP contribution >= 0.6 is 0 Å². The first kappa shape index (κ1) is 20.0. The van der Waals surface area contributed by atoms with Crippen LogP contribution in [-0.2, 0) is 0 Å². The normalized spacial score (nSPS) is 14.9. The number of aromatic nitrogens is 4. The second-order valence-electron chi connectivity index (χ2n) is 7.93. The number of hydrogen-bond acceptors (Lipinski definition) is 7. The lowest BCUT2D eigenvalue weighted by Crippen LogP contribution is -2.38. The van der Waals surface area contributed by atoms with E-state index in [-0.39, 0.29) is 17.9 Å². The fraction of sp³-hybridized carbons (Fsp3) is 0.409. The van der Waals surface area contributed by atoms with Crippen molar-refractivity contribution in [2.24, 2.45) is 0 Å². The van der Waals surface area contributed by atoms with Gasteiger partial charge in [-0.1, -0.05) is 5.16 Å². The lowest BCUT2D eigenvalue weighted by atomic mass is 9.89. The number of rotatable bonds is 5. The van der Waals surface area contributed by atoms with Gasteiger partial charge in [-0.3, -0.25) is 9.78 Å². The van der Waals surface area contributed by atoms with Gasteiger partial charge in [0.1, 0.15) is 0 Å². The van der Waals surface area contributed by atoms with Crippen molar-refractivity contribution >= 4 is 11.9 Å². The van der Waals surface area contributed by atoms with Gasteiger partial charge in [0, 0.05) is 55.3 Å². The molecule has 3 aromatic rings. The highest BCUT2D eigenvalue weighted by atomic mass is 16.5. The molecule has 8 nitrogen and oxygen atoms in total. The number of pyridine rings is 1. The van der Waals surface area contributed by atoms with Crippen LogP contribution in [0.15, 0.2) is 41.3 Å². The summed E-state index contributed by atoms with van der Waals surface area (Å²) in [4.78, 5) is 28.0. The maximum Gasteiger partial charge on any atom is 0.292 e. The summed E-state index contributed by atoms with van der Waals surface area (Å²) < 4.78 is 5.14. The largest absolute Gasteiger partial charge is 0.352 e. The van der Waals surface area contributed by atoms with Gasteiger partial charge in [0.25, 0.3) is 5.91 Å². The van der Waals surface area contributed by atoms with Gasteiger partial charge in [0.15, 0.2) is 0 Å². The van der Waals surface area contributed by atoms with E-state index in [0.29, 0.717) is 30.5 Å². The number of hydrogen-bond donors (Lipinski definition) is 1. The molecule has 30 heavy (non-hydrogen) atoms. The molecule has 0 atom stereocenters. The molecular weight excluding hydrogens is 380 g/mol. The summed E-state index contributed by atoms with van der Waals surface area (Å²) in [7, 11) is 0. The van der Waals surface area contributed by atoms with Crippen LogP contribution in [0.25, 0.3) is 11.1 Å². The molecule has 156 valence electrons. The van der Waals surface area contributed by atoms with E-state index in [1.54, 1.807) is 18.5 Å². The van der Waals surface area contributed by atoms with E-state index < -0.39 is 0 Å². The summed E-state index contributed by atoms with van der Waals surface area (Å²) in [6.07, 6.45) is 7.10. The van der Waals surface area contributed by atoms with Crippen LogP contribution in [0.2, 0.25) is 0 Å². The molecule has 0 aromatic carbocycles. The first-order chi connectivity index (χ1) is 14.5. The van der Waals surface area contributed by atoms with Crippen LogP contribution < -0.4 is 5.32 Å². The van der Waals surface area contributed by atoms with E-state index in [0.717, 1.165) is 29.7 Å². The molecule has 1 saturated heterocycles. The number of carbonyl (C=O) groups is 1. The van der Waals surface area contributed by atoms with Crippen molar-refractivity contribution < 1.29 is 9.32 Å². The summed E-state index contributed by atoms with van der Waals surface area (Å²) in [6.45, 7) is 7.24. The molecule has 0 saturated carbocycles. The Morgan fingerprint density at radius 3 is 2.60 bits per heavy atom. The van der Waals surface area contributed by atoms with E-state index in [1.165, 1.54) is 0 Å². The Kier molecular flexibility index (Phi) is 5.74. The third-order valence-corrected chi connectivity index (χ3v) is 5.23. The second-order valence-corrected chi connectivity index (χ2v) is 7.93. The molecule has 1 aliphatic heterocycles. The van der Waals surface area contributed by atoms with Crippen molar-refractivity contribution in [3.05, 3.63) is 53.9 Å². The van der Waals surface area contributed by atoms with Gasteiger partial charge >= 0.3 is 0 Å². The van der Waals surface area contributed by atoms with Crippen LogP contribution in [0.3, 0.4) is 0 Å². The first-order valence-corrected chi connectivity index (χ1v) is 10.3. The van der Waals surface area contributed by atoms with E-state index >= 15 is 0 Å². The van der Waals surface area contributed by atoms with Crippen LogP contribution in [0, 0.1) is 6.92 Å². The molecule has 4 heterocycles. The maximum absolute atomic E-state index is 12.7. The predicted octanol–water partition coefficient (Wildman–Crippen LogP) is 3.68. The highest BCUT2D eigenvalue weighted by molar-refractivity contribution is 5.91. The molecule has 4 rings (SSSR count). The van der Waals surface area contributed by atoms with Crippen LogP contribution in [-0.4, -0.2) is 50.0 Å². The zero-order chi connectivity index (χ0) is 21.1. The Morgan fingerprint density at radius 1 is 1.23 bits per heavy atom. The van der Waals surface area contributed by atoms with Crippen molar-refractivity contribution in [2.45, 2.75) is 45.6 Å². The molecule has 8 heteroatoms. The SMILES string of the molecule is Cc1cc(C(=O)N2CCC(c3nc(NC(C)C)ncc3-c3ccncc3)CC2)on1. The minimum atomic E-state index is -0.103. The summed E-state index contributed by atoms with van der Waals surface area (Å²) in [5.74, 6) is 1.07. The Balaban J connectivity index is 1.56. The molecular formula is C22H26N6O2. The minimum absolute atomic E-state index is 0.103. The maximum atomic E-state index is 12.7. The molecule has 3 aromatic heterocycles. The standard InChI is InChI=1S/C22H26N6O2/c1-14(2)25-22-24-13-18(16-4-8-23-9-5-16)20(26-22)17-6-10-28(11-7-17)21(29)19-12-15(3)27-30-19/h4-5,8-9,12-14,17H,6-7,10-11H2,1-3H3,(H,24,25,26). The fourth-order valence-corrected chi connectivity index (χ4v) is 3.76. The van der Waals surface area contributed by atoms with Crippen molar-refractivity contribution in [1.82, 2.24) is 25.0 Å². The van der Waals surface area contributed by atoms with Crippen LogP contribution in [0.1, 0.15) is 54.5 Å². The molecule has 0 bridgehead atoms. The van der Waals surface area contributed by atoms with E-state index in [4.69, 9.17) is 9.51 Å². The smallest absolute Gasteiger partial charge is 0.292 e. The van der Waals surface area contributed by atoms with Crippen LogP contribution in [0.4, 0.5) is 5.95 Å². The number of piperidine rings is 1. The summed E-state index contributed by atoms with van der Waals surface area (Å²) in [6, 6.07) is 5.88. The predicted molar refractivity (Wildman–Crippen MR) is 113 cm³/mol. The van der Waals surface area contributed by atoms with E-state index in [1.807, 2.05) is 30.2 Å². The molecule has 0 aliphatic carbocycles. The number of likely N-dealkylation sites (tertiary alicyclic amines) is 1. The zero-order valence-electron chi connectivity index (χ0n) is 17.5. The van der Waals surface area contributed by atoms with Crippen molar-refractivity contribution in [1.29, 1.82) is 0 Å². The average Bonchev–Trinajstić information content (AvgIpc) is 3.20. The zero-order valence-corrected chi connectivity index (χ0v) is 17.5. The van der Waals surface area contributed by atoms with Crippen molar-refractivity contribution in [2.75, 3.05) is 18.4 Å². The van der Waals surface area contributed by atoms with Gasteiger partial charge in [-0.15, -0.1) is 0 Å². The Bertz CT molecular complexity index is 1010. The highest BCUT2D eigenvalue weighted by Gasteiger charge is 2.29. The lowest BCUT2D eigenvalue weighted by molar-refractivity contribution is 0.0670. The van der Waals surface area contributed by atoms with Gasteiger partial charge in [0.2, 0.25) is 11.7 Å². The number of aryl methyl sites for hydroxylation is 1. The van der Waals surface area contributed by atoms with Gasteiger partial charge < -0.3 is 14.7 Å². The number of nitrogens with zero attached hydrogens (tertiary/aromatic N) is 5. The molecule has 0 radical (unpaired) electrons. The average molecular weight is 406 g/mol. The number of carbonyl (C=O) groups excluding carboxylic acids is 1. The molecule has 1 amide bonds. The first-order valence-electron chi connectivity index (χ1n) is 10.3. The van der Waals surface area contributed by atoms with E-state index in [2.05, 4.69) is 34.3 Å². The van der Waals surface area contributed by atoms with Gasteiger partial charge in [-0.2, -0.15) is 0 Å². The third kappa shape index (κ3) is 4.32. The number of amides is 1. The summed E-state index contributed by atoms with van der Waals surface area (Å²) >= 11 is 0. The molecule has 1 aliphatic rings. The van der Waals surface area contributed by atoms with Gasteiger partial charge in [0.05, 0.1) is 11.4 Å². The van der Waals surface area contributed by atoms with Gasteiger partial charge in [-0.25, -0.2) is 9.97 Å². The molecule has 1 fully saturated rings. The second kappa shape index (κ2) is 8.61. The Labute approximate surface area is 175 Å². The Hall–Kier alpha value is -3.29. The number of anilines is 1. The quantitative estimate of drug-likeness (QED) is 0.690.